The Kier molecular flexibility index (Phi) is 5.13. The number of halogens is 1. The lowest BCUT2D eigenvalue weighted by Crippen LogP contribution is -2.33. The minimum Gasteiger partial charge on any atom is -0.339 e. The quantitative estimate of drug-likeness (QED) is 0.857. The number of carbonyl (C=O) groups excluding carboxylic acids is 2. The van der Waals surface area contributed by atoms with E-state index in [-0.39, 0.29) is 29.6 Å². The molecule has 6 heteroatoms. The Morgan fingerprint density at radius 3 is 2.89 bits per heavy atom. The SMILES string of the molecule is CC(=O)N1CC[C@@H](NC[C@@H]2CC(=O)Nc3ccccc32)c2ccc(F)cc2C1. The molecule has 2 aliphatic heterocycles. The van der Waals surface area contributed by atoms with Crippen LogP contribution in [0.3, 0.4) is 0 Å². The lowest BCUT2D eigenvalue weighted by molar-refractivity contribution is -0.129. The molecule has 4 rings (SSSR count). The molecule has 2 heterocycles. The Bertz CT molecular complexity index is 914. The van der Waals surface area contributed by atoms with Gasteiger partial charge in [0.05, 0.1) is 0 Å². The molecule has 146 valence electrons. The smallest absolute Gasteiger partial charge is 0.225 e. The molecule has 28 heavy (non-hydrogen) atoms. The second-order valence-electron chi connectivity index (χ2n) is 7.57. The van der Waals surface area contributed by atoms with E-state index in [1.165, 1.54) is 12.1 Å². The third-order valence-electron chi connectivity index (χ3n) is 5.69. The highest BCUT2D eigenvalue weighted by Crippen LogP contribution is 2.33. The third-order valence-corrected chi connectivity index (χ3v) is 5.69. The van der Waals surface area contributed by atoms with E-state index < -0.39 is 0 Å². The Morgan fingerprint density at radius 2 is 2.07 bits per heavy atom. The Hall–Kier alpha value is -2.73. The molecule has 0 radical (unpaired) electrons. The van der Waals surface area contributed by atoms with Crippen LogP contribution < -0.4 is 10.6 Å². The summed E-state index contributed by atoms with van der Waals surface area (Å²) in [7, 11) is 0. The summed E-state index contributed by atoms with van der Waals surface area (Å²) in [5, 5.41) is 6.51. The summed E-state index contributed by atoms with van der Waals surface area (Å²) in [4.78, 5) is 25.7. The van der Waals surface area contributed by atoms with E-state index in [2.05, 4.69) is 16.7 Å². The van der Waals surface area contributed by atoms with Crippen LogP contribution in [0.4, 0.5) is 10.1 Å². The average Bonchev–Trinajstić information content (AvgIpc) is 2.85. The van der Waals surface area contributed by atoms with Gasteiger partial charge in [0.1, 0.15) is 5.82 Å². The van der Waals surface area contributed by atoms with Crippen LogP contribution in [0.5, 0.6) is 0 Å². The van der Waals surface area contributed by atoms with E-state index in [0.29, 0.717) is 26.1 Å². The van der Waals surface area contributed by atoms with Crippen molar-refractivity contribution in [2.75, 3.05) is 18.4 Å². The first-order valence-corrected chi connectivity index (χ1v) is 9.67. The normalized spacial score (nSPS) is 21.4. The molecular formula is C22H24FN3O2. The zero-order valence-electron chi connectivity index (χ0n) is 15.9. The maximum absolute atomic E-state index is 13.8. The molecule has 0 spiro atoms. The van der Waals surface area contributed by atoms with Gasteiger partial charge in [0, 0.05) is 50.6 Å². The fourth-order valence-corrected chi connectivity index (χ4v) is 4.23. The monoisotopic (exact) mass is 381 g/mol. The van der Waals surface area contributed by atoms with Crippen molar-refractivity contribution < 1.29 is 14.0 Å². The number of para-hydroxylation sites is 1. The van der Waals surface area contributed by atoms with Crippen LogP contribution in [0.25, 0.3) is 0 Å². The number of rotatable bonds is 3. The average molecular weight is 381 g/mol. The molecule has 0 bridgehead atoms. The Balaban J connectivity index is 1.55. The second-order valence-corrected chi connectivity index (χ2v) is 7.57. The lowest BCUT2D eigenvalue weighted by Gasteiger charge is -2.28. The number of benzene rings is 2. The van der Waals surface area contributed by atoms with E-state index in [0.717, 1.165) is 28.8 Å². The Morgan fingerprint density at radius 1 is 1.25 bits per heavy atom. The van der Waals surface area contributed by atoms with Crippen LogP contribution in [0.15, 0.2) is 42.5 Å². The molecule has 2 aromatic carbocycles. The van der Waals surface area contributed by atoms with Gasteiger partial charge in [-0.05, 0) is 41.3 Å². The number of nitrogens with one attached hydrogen (secondary N) is 2. The summed E-state index contributed by atoms with van der Waals surface area (Å²) in [6, 6.07) is 12.7. The number of carbonyl (C=O) groups is 2. The van der Waals surface area contributed by atoms with Crippen LogP contribution in [-0.4, -0.2) is 29.8 Å². The highest BCUT2D eigenvalue weighted by molar-refractivity contribution is 5.94. The molecule has 0 fully saturated rings. The standard InChI is InChI=1S/C22H24FN3O2/c1-14(27)26-9-8-20(19-7-6-17(23)10-16(19)13-26)24-12-15-11-22(28)25-21-5-3-2-4-18(15)21/h2-7,10,15,20,24H,8-9,11-13H2,1H3,(H,25,28)/t15-,20+/m0/s1. The summed E-state index contributed by atoms with van der Waals surface area (Å²) in [5.41, 5.74) is 3.87. The van der Waals surface area contributed by atoms with Crippen molar-refractivity contribution >= 4 is 17.5 Å². The minimum absolute atomic E-state index is 0.00580. The van der Waals surface area contributed by atoms with Gasteiger partial charge in [0.25, 0.3) is 0 Å². The summed E-state index contributed by atoms with van der Waals surface area (Å²) < 4.78 is 13.8. The number of hydrogen-bond donors (Lipinski definition) is 2. The van der Waals surface area contributed by atoms with Crippen molar-refractivity contribution in [1.29, 1.82) is 0 Å². The number of fused-ring (bicyclic) bond motifs is 2. The van der Waals surface area contributed by atoms with Crippen LogP contribution in [0.1, 0.15) is 48.4 Å². The predicted octanol–water partition coefficient (Wildman–Crippen LogP) is 3.33. The summed E-state index contributed by atoms with van der Waals surface area (Å²) in [6.45, 7) is 3.23. The van der Waals surface area contributed by atoms with E-state index in [9.17, 15) is 14.0 Å². The molecule has 2 aliphatic rings. The highest BCUT2D eigenvalue weighted by atomic mass is 19.1. The molecule has 2 N–H and O–H groups in total. The number of anilines is 1. The van der Waals surface area contributed by atoms with E-state index >= 15 is 0 Å². The first-order valence-electron chi connectivity index (χ1n) is 9.67. The second kappa shape index (κ2) is 7.72. The summed E-state index contributed by atoms with van der Waals surface area (Å²) >= 11 is 0. The zero-order valence-corrected chi connectivity index (χ0v) is 15.9. The highest BCUT2D eigenvalue weighted by Gasteiger charge is 2.28. The molecule has 0 unspecified atom stereocenters. The maximum atomic E-state index is 13.8. The topological polar surface area (TPSA) is 61.4 Å². The van der Waals surface area contributed by atoms with Crippen molar-refractivity contribution in [1.82, 2.24) is 10.2 Å². The van der Waals surface area contributed by atoms with Gasteiger partial charge < -0.3 is 15.5 Å². The molecule has 2 amide bonds. The lowest BCUT2D eigenvalue weighted by atomic mass is 9.89. The van der Waals surface area contributed by atoms with Gasteiger partial charge in [0.15, 0.2) is 0 Å². The molecule has 5 nitrogen and oxygen atoms in total. The summed E-state index contributed by atoms with van der Waals surface area (Å²) in [5.74, 6) is -0.188. The van der Waals surface area contributed by atoms with Gasteiger partial charge >= 0.3 is 0 Å². The number of nitrogens with zero attached hydrogens (tertiary/aromatic N) is 1. The van der Waals surface area contributed by atoms with E-state index in [1.807, 2.05) is 24.3 Å². The molecule has 2 atom stereocenters. The van der Waals surface area contributed by atoms with Crippen molar-refractivity contribution in [2.24, 2.45) is 0 Å². The molecule has 0 aliphatic carbocycles. The molecular weight excluding hydrogens is 357 g/mol. The van der Waals surface area contributed by atoms with Gasteiger partial charge in [-0.2, -0.15) is 0 Å². The van der Waals surface area contributed by atoms with Crippen molar-refractivity contribution in [2.45, 2.75) is 38.3 Å². The van der Waals surface area contributed by atoms with Crippen LogP contribution in [0, 0.1) is 5.82 Å². The fourth-order valence-electron chi connectivity index (χ4n) is 4.23. The van der Waals surface area contributed by atoms with Crippen LogP contribution in [-0.2, 0) is 16.1 Å². The van der Waals surface area contributed by atoms with Crippen molar-refractivity contribution in [3.8, 4) is 0 Å². The van der Waals surface area contributed by atoms with Crippen molar-refractivity contribution in [3.63, 3.8) is 0 Å². The fraction of sp³-hybridized carbons (Fsp3) is 0.364. The molecule has 0 saturated heterocycles. The van der Waals surface area contributed by atoms with Gasteiger partial charge in [-0.1, -0.05) is 24.3 Å². The van der Waals surface area contributed by atoms with Crippen LogP contribution in [0.2, 0.25) is 0 Å². The first kappa shape index (κ1) is 18.6. The minimum atomic E-state index is -0.291. The third kappa shape index (κ3) is 3.78. The van der Waals surface area contributed by atoms with Gasteiger partial charge in [-0.15, -0.1) is 0 Å². The predicted molar refractivity (Wildman–Crippen MR) is 105 cm³/mol. The van der Waals surface area contributed by atoms with Crippen molar-refractivity contribution in [3.05, 3.63) is 65.0 Å². The van der Waals surface area contributed by atoms with E-state index in [1.54, 1.807) is 11.8 Å². The van der Waals surface area contributed by atoms with Crippen LogP contribution >= 0.6 is 0 Å². The summed E-state index contributed by atoms with van der Waals surface area (Å²) in [6.07, 6.45) is 1.19. The number of amides is 2. The van der Waals surface area contributed by atoms with E-state index in [4.69, 9.17) is 0 Å². The maximum Gasteiger partial charge on any atom is 0.225 e. The zero-order chi connectivity index (χ0) is 19.7. The van der Waals surface area contributed by atoms with Gasteiger partial charge in [-0.25, -0.2) is 4.39 Å². The molecule has 0 saturated carbocycles. The Labute approximate surface area is 163 Å². The molecule has 2 aromatic rings. The first-order chi connectivity index (χ1) is 13.5. The van der Waals surface area contributed by atoms with Gasteiger partial charge in [0.2, 0.25) is 11.8 Å². The largest absolute Gasteiger partial charge is 0.339 e. The van der Waals surface area contributed by atoms with Gasteiger partial charge in [-0.3, -0.25) is 9.59 Å². The molecule has 0 aromatic heterocycles. The number of hydrogen-bond acceptors (Lipinski definition) is 3.